The summed E-state index contributed by atoms with van der Waals surface area (Å²) >= 11 is 0. The third-order valence-electron chi connectivity index (χ3n) is 6.32. The van der Waals surface area contributed by atoms with E-state index in [4.69, 9.17) is 5.26 Å². The SMILES string of the molecule is N#Cc1ccc(S(=O)(=O)CCCN2CC3CN(C(=O)NCC4CC4)CC3C2)cc1. The van der Waals surface area contributed by atoms with Crippen LogP contribution in [0.1, 0.15) is 24.8 Å². The maximum Gasteiger partial charge on any atom is 0.317 e. The van der Waals surface area contributed by atoms with Crippen LogP contribution in [-0.4, -0.2) is 69.3 Å². The fraction of sp³-hybridized carbons (Fsp3) is 0.619. The zero-order chi connectivity index (χ0) is 20.4. The second-order valence-electron chi connectivity index (χ2n) is 8.62. The Morgan fingerprint density at radius 1 is 1.10 bits per heavy atom. The maximum absolute atomic E-state index is 12.5. The van der Waals surface area contributed by atoms with Crippen molar-refractivity contribution in [2.45, 2.75) is 24.2 Å². The number of fused-ring (bicyclic) bond motifs is 1. The Balaban J connectivity index is 1.19. The van der Waals surface area contributed by atoms with Crippen molar-refractivity contribution in [3.05, 3.63) is 29.8 Å². The predicted molar refractivity (Wildman–Crippen MR) is 109 cm³/mol. The largest absolute Gasteiger partial charge is 0.338 e. The number of nitriles is 1. The van der Waals surface area contributed by atoms with E-state index in [2.05, 4.69) is 10.2 Å². The molecule has 0 bridgehead atoms. The van der Waals surface area contributed by atoms with Gasteiger partial charge in [-0.2, -0.15) is 5.26 Å². The summed E-state index contributed by atoms with van der Waals surface area (Å²) in [5.74, 6) is 1.80. The summed E-state index contributed by atoms with van der Waals surface area (Å²) in [7, 11) is -3.32. The predicted octanol–water partition coefficient (Wildman–Crippen LogP) is 1.71. The standard InChI is InChI=1S/C21H28N4O3S/c22-10-16-4-6-20(7-5-16)29(27,28)9-1-8-24-12-18-14-25(15-19(18)13-24)21(26)23-11-17-2-3-17/h4-7,17-19H,1-3,8-9,11-15H2,(H,23,26). The number of carbonyl (C=O) groups excluding carboxylic acids is 1. The van der Waals surface area contributed by atoms with Gasteiger partial charge in [-0.3, -0.25) is 0 Å². The Bertz CT molecular complexity index is 875. The van der Waals surface area contributed by atoms with Gasteiger partial charge in [-0.25, -0.2) is 13.2 Å². The molecule has 1 N–H and O–H groups in total. The third-order valence-corrected chi connectivity index (χ3v) is 8.13. The molecule has 1 aliphatic carbocycles. The van der Waals surface area contributed by atoms with Crippen molar-refractivity contribution in [2.75, 3.05) is 45.0 Å². The molecule has 1 saturated carbocycles. The summed E-state index contributed by atoms with van der Waals surface area (Å²) < 4.78 is 25.0. The summed E-state index contributed by atoms with van der Waals surface area (Å²) in [6.45, 7) is 5.06. The van der Waals surface area contributed by atoms with E-state index in [0.29, 0.717) is 29.7 Å². The van der Waals surface area contributed by atoms with Gasteiger partial charge in [0.25, 0.3) is 0 Å². The monoisotopic (exact) mass is 416 g/mol. The number of nitrogens with zero attached hydrogens (tertiary/aromatic N) is 3. The molecule has 3 fully saturated rings. The number of hydrogen-bond acceptors (Lipinski definition) is 5. The van der Waals surface area contributed by atoms with E-state index < -0.39 is 9.84 Å². The first kappa shape index (κ1) is 20.2. The van der Waals surface area contributed by atoms with Crippen LogP contribution in [0.25, 0.3) is 0 Å². The minimum absolute atomic E-state index is 0.0753. The Morgan fingerprint density at radius 2 is 1.76 bits per heavy atom. The van der Waals surface area contributed by atoms with E-state index in [-0.39, 0.29) is 16.7 Å². The summed E-state index contributed by atoms with van der Waals surface area (Å²) in [6.07, 6.45) is 3.07. The van der Waals surface area contributed by atoms with Gasteiger partial charge in [0.1, 0.15) is 0 Å². The highest BCUT2D eigenvalue weighted by Gasteiger charge is 2.41. The fourth-order valence-electron chi connectivity index (χ4n) is 4.44. The molecule has 2 amide bonds. The number of likely N-dealkylation sites (tertiary alicyclic amines) is 2. The smallest absolute Gasteiger partial charge is 0.317 e. The average molecular weight is 417 g/mol. The molecule has 0 aromatic heterocycles. The van der Waals surface area contributed by atoms with Gasteiger partial charge in [-0.15, -0.1) is 0 Å². The molecule has 2 unspecified atom stereocenters. The lowest BCUT2D eigenvalue weighted by Crippen LogP contribution is -2.41. The number of hydrogen-bond donors (Lipinski definition) is 1. The van der Waals surface area contributed by atoms with Crippen LogP contribution >= 0.6 is 0 Å². The summed E-state index contributed by atoms with van der Waals surface area (Å²) in [5, 5.41) is 11.9. The highest BCUT2D eigenvalue weighted by molar-refractivity contribution is 7.91. The van der Waals surface area contributed by atoms with Crippen LogP contribution in [0, 0.1) is 29.1 Å². The molecule has 2 heterocycles. The number of urea groups is 1. The lowest BCUT2D eigenvalue weighted by Gasteiger charge is -2.22. The van der Waals surface area contributed by atoms with Crippen molar-refractivity contribution >= 4 is 15.9 Å². The topological polar surface area (TPSA) is 93.5 Å². The molecule has 8 heteroatoms. The molecule has 2 aliphatic heterocycles. The summed E-state index contributed by atoms with van der Waals surface area (Å²) in [6, 6.07) is 8.18. The van der Waals surface area contributed by atoms with Crippen molar-refractivity contribution in [1.29, 1.82) is 5.26 Å². The highest BCUT2D eigenvalue weighted by Crippen LogP contribution is 2.32. The van der Waals surface area contributed by atoms with Crippen molar-refractivity contribution in [1.82, 2.24) is 15.1 Å². The van der Waals surface area contributed by atoms with E-state index in [0.717, 1.165) is 39.3 Å². The van der Waals surface area contributed by atoms with Gasteiger partial charge in [0.2, 0.25) is 0 Å². The lowest BCUT2D eigenvalue weighted by molar-refractivity contribution is 0.199. The molecular formula is C21H28N4O3S. The third kappa shape index (κ3) is 4.90. The second-order valence-corrected chi connectivity index (χ2v) is 10.7. The van der Waals surface area contributed by atoms with E-state index >= 15 is 0 Å². The van der Waals surface area contributed by atoms with Gasteiger partial charge in [0.15, 0.2) is 9.84 Å². The normalized spacial score (nSPS) is 24.3. The van der Waals surface area contributed by atoms with Crippen LogP contribution in [0.2, 0.25) is 0 Å². The molecular weight excluding hydrogens is 388 g/mol. The molecule has 0 radical (unpaired) electrons. The Kier molecular flexibility index (Phi) is 5.79. The van der Waals surface area contributed by atoms with Crippen molar-refractivity contribution < 1.29 is 13.2 Å². The molecule has 2 saturated heterocycles. The van der Waals surface area contributed by atoms with Crippen LogP contribution in [0.3, 0.4) is 0 Å². The van der Waals surface area contributed by atoms with E-state index in [1.165, 1.54) is 25.0 Å². The molecule has 156 valence electrons. The van der Waals surface area contributed by atoms with Crippen molar-refractivity contribution in [3.8, 4) is 6.07 Å². The van der Waals surface area contributed by atoms with Crippen LogP contribution in [0.15, 0.2) is 29.2 Å². The van der Waals surface area contributed by atoms with Crippen molar-refractivity contribution in [2.24, 2.45) is 17.8 Å². The number of sulfone groups is 1. The quantitative estimate of drug-likeness (QED) is 0.730. The molecule has 4 rings (SSSR count). The molecule has 29 heavy (non-hydrogen) atoms. The minimum atomic E-state index is -3.32. The van der Waals surface area contributed by atoms with Gasteiger partial charge in [-0.05, 0) is 67.8 Å². The van der Waals surface area contributed by atoms with Gasteiger partial charge in [0.05, 0.1) is 22.3 Å². The summed E-state index contributed by atoms with van der Waals surface area (Å²) in [4.78, 5) is 16.8. The van der Waals surface area contributed by atoms with Gasteiger partial charge >= 0.3 is 6.03 Å². The first-order chi connectivity index (χ1) is 13.9. The van der Waals surface area contributed by atoms with E-state index in [9.17, 15) is 13.2 Å². The van der Waals surface area contributed by atoms with Gasteiger partial charge < -0.3 is 15.1 Å². The van der Waals surface area contributed by atoms with Crippen LogP contribution < -0.4 is 5.32 Å². The average Bonchev–Trinajstić information content (AvgIpc) is 3.34. The minimum Gasteiger partial charge on any atom is -0.338 e. The summed E-state index contributed by atoms with van der Waals surface area (Å²) in [5.41, 5.74) is 0.461. The van der Waals surface area contributed by atoms with E-state index in [1.54, 1.807) is 12.1 Å². The number of nitrogens with one attached hydrogen (secondary N) is 1. The highest BCUT2D eigenvalue weighted by atomic mass is 32.2. The first-order valence-corrected chi connectivity index (χ1v) is 12.1. The van der Waals surface area contributed by atoms with Crippen LogP contribution in [0.4, 0.5) is 4.79 Å². The molecule has 1 aromatic carbocycles. The van der Waals surface area contributed by atoms with E-state index in [1.807, 2.05) is 11.0 Å². The number of rotatable bonds is 7. The fourth-order valence-corrected chi connectivity index (χ4v) is 5.73. The van der Waals surface area contributed by atoms with Crippen molar-refractivity contribution in [3.63, 3.8) is 0 Å². The van der Waals surface area contributed by atoms with Crippen LogP contribution in [0.5, 0.6) is 0 Å². The number of benzene rings is 1. The number of amides is 2. The molecule has 2 atom stereocenters. The first-order valence-electron chi connectivity index (χ1n) is 10.4. The Morgan fingerprint density at radius 3 is 2.34 bits per heavy atom. The van der Waals surface area contributed by atoms with Crippen LogP contribution in [-0.2, 0) is 9.84 Å². The maximum atomic E-state index is 12.5. The zero-order valence-corrected chi connectivity index (χ0v) is 17.4. The van der Waals surface area contributed by atoms with Gasteiger partial charge in [0, 0.05) is 32.7 Å². The Labute approximate surface area is 172 Å². The lowest BCUT2D eigenvalue weighted by atomic mass is 10.0. The van der Waals surface area contributed by atoms with Gasteiger partial charge in [-0.1, -0.05) is 0 Å². The molecule has 7 nitrogen and oxygen atoms in total. The molecule has 0 spiro atoms. The molecule has 1 aromatic rings. The molecule has 3 aliphatic rings. The number of carbonyl (C=O) groups is 1. The second kappa shape index (κ2) is 8.33. The zero-order valence-electron chi connectivity index (χ0n) is 16.6. The Hall–Kier alpha value is -2.11.